The molecule has 0 rings (SSSR count). The molecule has 0 aromatic carbocycles. The van der Waals surface area contributed by atoms with Gasteiger partial charge < -0.3 is 9.29 Å². The first kappa shape index (κ1) is 11.2. The van der Waals surface area contributed by atoms with Gasteiger partial charge in [-0.05, 0) is 20.8 Å². The summed E-state index contributed by atoms with van der Waals surface area (Å²) in [5.41, 5.74) is 0. The van der Waals surface area contributed by atoms with Crippen LogP contribution in [0.15, 0.2) is 0 Å². The maximum Gasteiger partial charge on any atom is 0.148 e. The number of nitrogens with one attached hydrogen (secondary N) is 1. The van der Waals surface area contributed by atoms with Gasteiger partial charge in [-0.3, -0.25) is 0 Å². The quantitative estimate of drug-likeness (QED) is 0.610. The first-order chi connectivity index (χ1) is 5.16. The second kappa shape index (κ2) is 6.91. The lowest BCUT2D eigenvalue weighted by molar-refractivity contribution is 0.0911. The molecule has 1 atom stereocenters. The Morgan fingerprint density at radius 3 is 2.64 bits per heavy atom. The predicted octanol–water partition coefficient (Wildman–Crippen LogP) is 0.685. The Bertz CT molecular complexity index is 90.5. The van der Waals surface area contributed by atoms with Gasteiger partial charge in [-0.2, -0.15) is 0 Å². The van der Waals surface area contributed by atoms with Gasteiger partial charge >= 0.3 is 0 Å². The molecule has 0 saturated heterocycles. The zero-order valence-electron chi connectivity index (χ0n) is 7.42. The van der Waals surface area contributed by atoms with Gasteiger partial charge in [0, 0.05) is 17.9 Å². The minimum absolute atomic E-state index is 0.230. The molecular formula is C7H17NO2S. The second-order valence-electron chi connectivity index (χ2n) is 2.47. The first-order valence-corrected chi connectivity index (χ1v) is 5.22. The fourth-order valence-corrected chi connectivity index (χ4v) is 1.31. The molecule has 68 valence electrons. The van der Waals surface area contributed by atoms with E-state index in [1.807, 2.05) is 20.8 Å². The Morgan fingerprint density at radius 1 is 1.55 bits per heavy atom. The normalized spacial score (nSPS) is 13.9. The van der Waals surface area contributed by atoms with E-state index in [1.165, 1.54) is 0 Å². The summed E-state index contributed by atoms with van der Waals surface area (Å²) in [7, 11) is 0. The number of ether oxygens (including phenoxy) is 1. The van der Waals surface area contributed by atoms with Crippen LogP contribution < -0.4 is 4.72 Å². The molecule has 0 aliphatic rings. The van der Waals surface area contributed by atoms with Crippen molar-refractivity contribution in [1.82, 2.24) is 4.72 Å². The predicted molar refractivity (Wildman–Crippen MR) is 47.8 cm³/mol. The summed E-state index contributed by atoms with van der Waals surface area (Å²) in [5.74, 6) is 0.575. The summed E-state index contributed by atoms with van der Waals surface area (Å²) in [5, 5.41) is 0. The molecule has 1 N–H and O–H groups in total. The van der Waals surface area contributed by atoms with Gasteiger partial charge in [0.1, 0.15) is 5.75 Å². The van der Waals surface area contributed by atoms with Crippen LogP contribution >= 0.6 is 0 Å². The Balaban J connectivity index is 3.10. The average Bonchev–Trinajstić information content (AvgIpc) is 1.87. The monoisotopic (exact) mass is 179 g/mol. The van der Waals surface area contributed by atoms with Crippen molar-refractivity contribution in [2.75, 3.05) is 18.9 Å². The maximum absolute atomic E-state index is 10.9. The molecule has 1 unspecified atom stereocenters. The molecule has 11 heavy (non-hydrogen) atoms. The molecule has 0 aliphatic carbocycles. The van der Waals surface area contributed by atoms with Gasteiger partial charge in [0.15, 0.2) is 0 Å². The maximum atomic E-state index is 10.9. The van der Waals surface area contributed by atoms with Crippen molar-refractivity contribution in [3.63, 3.8) is 0 Å². The van der Waals surface area contributed by atoms with E-state index < -0.39 is 11.4 Å². The third-order valence-electron chi connectivity index (χ3n) is 1.03. The zero-order valence-corrected chi connectivity index (χ0v) is 8.24. The lowest BCUT2D eigenvalue weighted by Gasteiger charge is -2.11. The van der Waals surface area contributed by atoms with Crippen molar-refractivity contribution in [1.29, 1.82) is 0 Å². The average molecular weight is 179 g/mol. The second-order valence-corrected chi connectivity index (χ2v) is 3.86. The van der Waals surface area contributed by atoms with Gasteiger partial charge in [-0.15, -0.1) is 4.72 Å². The largest absolute Gasteiger partial charge is 0.598 e. The van der Waals surface area contributed by atoms with Crippen LogP contribution in [0.5, 0.6) is 0 Å². The van der Waals surface area contributed by atoms with Crippen molar-refractivity contribution >= 4 is 11.4 Å². The topological polar surface area (TPSA) is 44.3 Å². The van der Waals surface area contributed by atoms with Crippen molar-refractivity contribution in [3.8, 4) is 0 Å². The van der Waals surface area contributed by atoms with Gasteiger partial charge in [-0.1, -0.05) is 0 Å². The summed E-state index contributed by atoms with van der Waals surface area (Å²) in [6.07, 6.45) is 0.230. The van der Waals surface area contributed by atoms with Crippen LogP contribution in [0, 0.1) is 0 Å². The Labute approximate surface area is 71.8 Å². The minimum atomic E-state index is -0.911. The van der Waals surface area contributed by atoms with E-state index in [-0.39, 0.29) is 6.10 Å². The van der Waals surface area contributed by atoms with Crippen LogP contribution in [0.2, 0.25) is 0 Å². The van der Waals surface area contributed by atoms with E-state index in [0.29, 0.717) is 12.4 Å². The highest BCUT2D eigenvalue weighted by atomic mass is 32.2. The lowest BCUT2D eigenvalue weighted by atomic mass is 10.5. The van der Waals surface area contributed by atoms with E-state index in [1.54, 1.807) is 0 Å². The van der Waals surface area contributed by atoms with Gasteiger partial charge in [-0.25, -0.2) is 0 Å². The van der Waals surface area contributed by atoms with Crippen molar-refractivity contribution in [3.05, 3.63) is 0 Å². The molecule has 0 saturated carbocycles. The van der Waals surface area contributed by atoms with Crippen LogP contribution in [0.4, 0.5) is 0 Å². The summed E-state index contributed by atoms with van der Waals surface area (Å²) in [4.78, 5) is 0. The Kier molecular flexibility index (Phi) is 7.06. The van der Waals surface area contributed by atoms with Crippen molar-refractivity contribution in [2.45, 2.75) is 26.9 Å². The number of hydrogen-bond acceptors (Lipinski definition) is 3. The molecule has 0 fully saturated rings. The molecule has 0 bridgehead atoms. The van der Waals surface area contributed by atoms with Crippen LogP contribution in [0.3, 0.4) is 0 Å². The van der Waals surface area contributed by atoms with E-state index in [0.717, 1.165) is 6.54 Å². The summed E-state index contributed by atoms with van der Waals surface area (Å²) < 4.78 is 19.0. The summed E-state index contributed by atoms with van der Waals surface area (Å²) in [6.45, 7) is 7.18. The van der Waals surface area contributed by atoms with Crippen LogP contribution in [-0.4, -0.2) is 29.6 Å². The molecule has 3 nitrogen and oxygen atoms in total. The Morgan fingerprint density at radius 2 is 2.18 bits per heavy atom. The fourth-order valence-electron chi connectivity index (χ4n) is 0.593. The first-order valence-electron chi connectivity index (χ1n) is 3.90. The molecular weight excluding hydrogens is 162 g/mol. The highest BCUT2D eigenvalue weighted by molar-refractivity contribution is 7.89. The Hall–Kier alpha value is 0.230. The third-order valence-corrected chi connectivity index (χ3v) is 2.17. The summed E-state index contributed by atoms with van der Waals surface area (Å²) in [6, 6.07) is 0. The highest BCUT2D eigenvalue weighted by Gasteiger charge is 2.03. The van der Waals surface area contributed by atoms with E-state index >= 15 is 0 Å². The van der Waals surface area contributed by atoms with Crippen LogP contribution in [0.1, 0.15) is 20.8 Å². The molecule has 0 aliphatic heterocycles. The van der Waals surface area contributed by atoms with Gasteiger partial charge in [0.2, 0.25) is 0 Å². The van der Waals surface area contributed by atoms with Gasteiger partial charge in [0.25, 0.3) is 0 Å². The highest BCUT2D eigenvalue weighted by Crippen LogP contribution is 1.90. The third kappa shape index (κ3) is 8.13. The van der Waals surface area contributed by atoms with Crippen molar-refractivity contribution in [2.24, 2.45) is 0 Å². The molecule has 4 heteroatoms. The summed E-state index contributed by atoms with van der Waals surface area (Å²) >= 11 is -0.911. The molecule has 0 radical (unpaired) electrons. The standard InChI is InChI=1S/C7H17NO2S/c1-4-8-11(9)6-5-10-7(2)3/h7-8H,4-6H2,1-3H3. The van der Waals surface area contributed by atoms with E-state index in [9.17, 15) is 4.55 Å². The number of hydrogen-bond donors (Lipinski definition) is 1. The molecule has 0 amide bonds. The molecule has 0 heterocycles. The smallest absolute Gasteiger partial charge is 0.148 e. The number of rotatable bonds is 6. The molecule has 0 spiro atoms. The molecule has 0 aromatic heterocycles. The minimum Gasteiger partial charge on any atom is -0.598 e. The van der Waals surface area contributed by atoms with Crippen LogP contribution in [-0.2, 0) is 16.1 Å². The zero-order chi connectivity index (χ0) is 8.69. The molecule has 0 aromatic rings. The van der Waals surface area contributed by atoms with Crippen LogP contribution in [0.25, 0.3) is 0 Å². The van der Waals surface area contributed by atoms with Crippen molar-refractivity contribution < 1.29 is 9.29 Å². The lowest BCUT2D eigenvalue weighted by Crippen LogP contribution is -2.28. The van der Waals surface area contributed by atoms with Gasteiger partial charge in [0.05, 0.1) is 12.7 Å². The fraction of sp³-hybridized carbons (Fsp3) is 1.00. The van der Waals surface area contributed by atoms with E-state index in [2.05, 4.69) is 4.72 Å². The van der Waals surface area contributed by atoms with E-state index in [4.69, 9.17) is 4.74 Å². The SMILES string of the molecule is CCN[S+]([O-])CCOC(C)C.